The molecular weight excluding hydrogens is 164 g/mol. The van der Waals surface area contributed by atoms with Crippen LogP contribution in [0.25, 0.3) is 10.9 Å². The van der Waals surface area contributed by atoms with Gasteiger partial charge in [0.2, 0.25) is 0 Å². The second-order valence-corrected chi connectivity index (χ2v) is 2.64. The molecule has 0 unspecified atom stereocenters. The number of phenolic OH excluding ortho intramolecular Hbond substituents is 1. The van der Waals surface area contributed by atoms with Crippen LogP contribution in [0.3, 0.4) is 0 Å². The van der Waals surface area contributed by atoms with Crippen molar-refractivity contribution in [2.24, 2.45) is 0 Å². The summed E-state index contributed by atoms with van der Waals surface area (Å²) < 4.78 is 0. The normalized spacial score (nSPS) is 9.77. The van der Waals surface area contributed by atoms with Crippen LogP contribution in [0.4, 0.5) is 0 Å². The van der Waals surface area contributed by atoms with Crippen molar-refractivity contribution >= 4 is 10.9 Å². The molecular formula is C10H6N2O. The Bertz CT molecular complexity index is 500. The molecule has 1 N–H and O–H groups in total. The Labute approximate surface area is 74.9 Å². The minimum Gasteiger partial charge on any atom is -0.506 e. The first-order chi connectivity index (χ1) is 6.33. The largest absolute Gasteiger partial charge is 0.506 e. The maximum Gasteiger partial charge on any atom is 0.142 e. The molecule has 2 rings (SSSR count). The van der Waals surface area contributed by atoms with Gasteiger partial charge in [0.15, 0.2) is 0 Å². The zero-order chi connectivity index (χ0) is 9.26. The van der Waals surface area contributed by atoms with Crippen molar-refractivity contribution in [3.63, 3.8) is 0 Å². The summed E-state index contributed by atoms with van der Waals surface area (Å²) in [6.45, 7) is 0. The molecule has 13 heavy (non-hydrogen) atoms. The molecule has 0 fully saturated rings. The third-order valence-electron chi connectivity index (χ3n) is 1.88. The second kappa shape index (κ2) is 2.76. The predicted octanol–water partition coefficient (Wildman–Crippen LogP) is 1.81. The van der Waals surface area contributed by atoms with E-state index in [1.807, 2.05) is 6.07 Å². The summed E-state index contributed by atoms with van der Waals surface area (Å²) in [6, 6.07) is 8.65. The monoisotopic (exact) mass is 170 g/mol. The minimum absolute atomic E-state index is 0.00750. The van der Waals surface area contributed by atoms with E-state index < -0.39 is 0 Å². The van der Waals surface area contributed by atoms with E-state index in [9.17, 15) is 5.11 Å². The molecule has 0 saturated carbocycles. The second-order valence-electron chi connectivity index (χ2n) is 2.64. The molecule has 0 saturated heterocycles. The number of nitriles is 1. The number of nitrogens with zero attached hydrogens (tertiary/aromatic N) is 2. The van der Waals surface area contributed by atoms with Crippen LogP contribution < -0.4 is 0 Å². The van der Waals surface area contributed by atoms with Gasteiger partial charge < -0.3 is 5.11 Å². The van der Waals surface area contributed by atoms with E-state index in [1.54, 1.807) is 30.5 Å². The summed E-state index contributed by atoms with van der Waals surface area (Å²) in [5.74, 6) is 0.00750. The number of aromatic hydroxyl groups is 1. The Hall–Kier alpha value is -2.08. The number of pyridine rings is 1. The minimum atomic E-state index is 0.00750. The van der Waals surface area contributed by atoms with Crippen molar-refractivity contribution in [3.8, 4) is 11.8 Å². The van der Waals surface area contributed by atoms with Gasteiger partial charge in [-0.3, -0.25) is 4.98 Å². The van der Waals surface area contributed by atoms with Crippen LogP contribution >= 0.6 is 0 Å². The van der Waals surface area contributed by atoms with Crippen molar-refractivity contribution in [2.45, 2.75) is 0 Å². The fourth-order valence-electron chi connectivity index (χ4n) is 1.23. The highest BCUT2D eigenvalue weighted by Gasteiger charge is 2.04. The molecule has 0 amide bonds. The van der Waals surface area contributed by atoms with Gasteiger partial charge in [0.25, 0.3) is 0 Å². The fraction of sp³-hybridized carbons (Fsp3) is 0. The van der Waals surface area contributed by atoms with E-state index in [0.29, 0.717) is 10.9 Å². The number of fused-ring (bicyclic) bond motifs is 1. The highest BCUT2D eigenvalue weighted by Crippen LogP contribution is 2.26. The Morgan fingerprint density at radius 2 is 2.15 bits per heavy atom. The number of hydrogen-bond donors (Lipinski definition) is 1. The molecule has 0 bridgehead atoms. The quantitative estimate of drug-likeness (QED) is 0.656. The average molecular weight is 170 g/mol. The Morgan fingerprint density at radius 1 is 1.31 bits per heavy atom. The van der Waals surface area contributed by atoms with Crippen LogP contribution in [0.15, 0.2) is 30.5 Å². The van der Waals surface area contributed by atoms with Gasteiger partial charge in [0, 0.05) is 11.6 Å². The average Bonchev–Trinajstić information content (AvgIpc) is 2.19. The highest BCUT2D eigenvalue weighted by atomic mass is 16.3. The molecule has 62 valence electrons. The summed E-state index contributed by atoms with van der Waals surface area (Å²) in [5.41, 5.74) is 0.972. The number of phenols is 1. The first-order valence-electron chi connectivity index (χ1n) is 3.80. The lowest BCUT2D eigenvalue weighted by atomic mass is 10.1. The third kappa shape index (κ3) is 1.09. The zero-order valence-electron chi connectivity index (χ0n) is 6.73. The van der Waals surface area contributed by atoms with E-state index in [4.69, 9.17) is 5.26 Å². The lowest BCUT2D eigenvalue weighted by Crippen LogP contribution is -1.81. The Kier molecular flexibility index (Phi) is 1.60. The molecule has 0 radical (unpaired) electrons. The van der Waals surface area contributed by atoms with E-state index in [1.165, 1.54) is 0 Å². The first-order valence-corrected chi connectivity index (χ1v) is 3.80. The van der Waals surface area contributed by atoms with Gasteiger partial charge in [-0.25, -0.2) is 0 Å². The summed E-state index contributed by atoms with van der Waals surface area (Å²) in [6.07, 6.45) is 1.65. The fourth-order valence-corrected chi connectivity index (χ4v) is 1.23. The summed E-state index contributed by atoms with van der Waals surface area (Å²) in [5, 5.41) is 18.8. The summed E-state index contributed by atoms with van der Waals surface area (Å²) in [7, 11) is 0. The van der Waals surface area contributed by atoms with Crippen molar-refractivity contribution < 1.29 is 5.11 Å². The van der Waals surface area contributed by atoms with Crippen LogP contribution in [0, 0.1) is 11.3 Å². The van der Waals surface area contributed by atoms with E-state index in [-0.39, 0.29) is 11.3 Å². The van der Waals surface area contributed by atoms with Gasteiger partial charge in [0.1, 0.15) is 11.8 Å². The molecule has 3 nitrogen and oxygen atoms in total. The standard InChI is InChI=1S/C10H6N2O/c11-6-7-3-4-9-8(10(7)13)2-1-5-12-9/h1-5,13H. The molecule has 0 aliphatic heterocycles. The smallest absolute Gasteiger partial charge is 0.142 e. The Balaban J connectivity index is 2.89. The van der Waals surface area contributed by atoms with E-state index >= 15 is 0 Å². The molecule has 0 aliphatic carbocycles. The van der Waals surface area contributed by atoms with Crippen LogP contribution in [-0.4, -0.2) is 10.1 Å². The van der Waals surface area contributed by atoms with Gasteiger partial charge in [-0.05, 0) is 24.3 Å². The number of hydrogen-bond acceptors (Lipinski definition) is 3. The molecule has 1 aromatic heterocycles. The molecule has 0 atom stereocenters. The molecule has 3 heteroatoms. The van der Waals surface area contributed by atoms with Gasteiger partial charge in [-0.15, -0.1) is 0 Å². The Morgan fingerprint density at radius 3 is 2.92 bits per heavy atom. The van der Waals surface area contributed by atoms with E-state index in [0.717, 1.165) is 0 Å². The van der Waals surface area contributed by atoms with Gasteiger partial charge in [-0.2, -0.15) is 5.26 Å². The van der Waals surface area contributed by atoms with Crippen LogP contribution in [0.5, 0.6) is 5.75 Å². The first kappa shape index (κ1) is 7.56. The zero-order valence-corrected chi connectivity index (χ0v) is 6.73. The lowest BCUT2D eigenvalue weighted by molar-refractivity contribution is 0.480. The van der Waals surface area contributed by atoms with E-state index in [2.05, 4.69) is 4.98 Å². The van der Waals surface area contributed by atoms with Crippen LogP contribution in [0.1, 0.15) is 5.56 Å². The number of rotatable bonds is 0. The predicted molar refractivity (Wildman–Crippen MR) is 48.1 cm³/mol. The summed E-state index contributed by atoms with van der Waals surface area (Å²) >= 11 is 0. The van der Waals surface area contributed by atoms with Crippen molar-refractivity contribution in [1.29, 1.82) is 5.26 Å². The molecule has 1 heterocycles. The van der Waals surface area contributed by atoms with Gasteiger partial charge >= 0.3 is 0 Å². The molecule has 0 spiro atoms. The molecule has 0 aliphatic rings. The topological polar surface area (TPSA) is 56.9 Å². The van der Waals surface area contributed by atoms with Crippen LogP contribution in [0.2, 0.25) is 0 Å². The van der Waals surface area contributed by atoms with Crippen molar-refractivity contribution in [1.82, 2.24) is 4.98 Å². The van der Waals surface area contributed by atoms with Crippen molar-refractivity contribution in [3.05, 3.63) is 36.0 Å². The van der Waals surface area contributed by atoms with Crippen LogP contribution in [-0.2, 0) is 0 Å². The SMILES string of the molecule is N#Cc1ccc2ncccc2c1O. The highest BCUT2D eigenvalue weighted by molar-refractivity contribution is 5.86. The summed E-state index contributed by atoms with van der Waals surface area (Å²) in [4.78, 5) is 4.05. The third-order valence-corrected chi connectivity index (χ3v) is 1.88. The van der Waals surface area contributed by atoms with Gasteiger partial charge in [-0.1, -0.05) is 0 Å². The number of aromatic nitrogens is 1. The molecule has 1 aromatic carbocycles. The number of benzene rings is 1. The molecule has 2 aromatic rings. The van der Waals surface area contributed by atoms with Gasteiger partial charge in [0.05, 0.1) is 11.1 Å². The van der Waals surface area contributed by atoms with Crippen molar-refractivity contribution in [2.75, 3.05) is 0 Å². The maximum atomic E-state index is 9.59. The maximum absolute atomic E-state index is 9.59. The lowest BCUT2D eigenvalue weighted by Gasteiger charge is -2.00.